The van der Waals surface area contributed by atoms with Gasteiger partial charge in [-0.1, -0.05) is 127 Å². The van der Waals surface area contributed by atoms with Crippen molar-refractivity contribution in [2.45, 2.75) is 0 Å². The van der Waals surface area contributed by atoms with Crippen molar-refractivity contribution >= 4 is 54.5 Å². The molecule has 0 unspecified atom stereocenters. The van der Waals surface area contributed by atoms with E-state index in [1.165, 1.54) is 49.5 Å². The highest BCUT2D eigenvalue weighted by Gasteiger charge is 2.20. The second-order valence-corrected chi connectivity index (χ2v) is 12.5. The molecular weight excluding hydrogens is 583 g/mol. The first-order chi connectivity index (χ1) is 23.8. The van der Waals surface area contributed by atoms with Gasteiger partial charge in [0.1, 0.15) is 5.58 Å². The van der Waals surface area contributed by atoms with Crippen molar-refractivity contribution in [3.05, 3.63) is 176 Å². The molecule has 0 aliphatic carbocycles. The Kier molecular flexibility index (Phi) is 5.91. The van der Waals surface area contributed by atoms with E-state index in [1.807, 2.05) is 0 Å². The molecule has 0 aliphatic rings. The largest absolute Gasteiger partial charge is 0.453 e. The van der Waals surface area contributed by atoms with Crippen LogP contribution < -0.4 is 0 Å². The average Bonchev–Trinajstić information content (AvgIpc) is 3.72. The first-order valence-corrected chi connectivity index (χ1v) is 16.4. The lowest BCUT2D eigenvalue weighted by molar-refractivity contribution is 0.675. The lowest BCUT2D eigenvalue weighted by Crippen LogP contribution is -1.94. The Morgan fingerprint density at radius 1 is 0.333 bits per heavy atom. The molecule has 48 heavy (non-hydrogen) atoms. The Labute approximate surface area is 277 Å². The van der Waals surface area contributed by atoms with Gasteiger partial charge in [0.15, 0.2) is 5.58 Å². The molecule has 2 aromatic heterocycles. The van der Waals surface area contributed by atoms with E-state index in [0.717, 1.165) is 44.0 Å². The van der Waals surface area contributed by atoms with Crippen LogP contribution in [0.4, 0.5) is 0 Å². The van der Waals surface area contributed by atoms with Crippen LogP contribution in [0.5, 0.6) is 0 Å². The highest BCUT2D eigenvalue weighted by atomic mass is 16.3. The van der Waals surface area contributed by atoms with Crippen molar-refractivity contribution in [1.82, 2.24) is 4.57 Å². The number of hydrogen-bond acceptors (Lipinski definition) is 1. The molecule has 10 aromatic rings. The lowest BCUT2D eigenvalue weighted by atomic mass is 9.93. The predicted octanol–water partition coefficient (Wildman–Crippen LogP) is 12.8. The fraction of sp³-hybridized carbons (Fsp3) is 0. The smallest absolute Gasteiger partial charge is 0.160 e. The zero-order chi connectivity index (χ0) is 31.6. The third-order valence-electron chi connectivity index (χ3n) is 9.77. The van der Waals surface area contributed by atoms with Crippen molar-refractivity contribution in [3.8, 4) is 39.1 Å². The summed E-state index contributed by atoms with van der Waals surface area (Å²) in [7, 11) is 0. The highest BCUT2D eigenvalue weighted by Crippen LogP contribution is 2.42. The maximum Gasteiger partial charge on any atom is 0.160 e. The quantitative estimate of drug-likeness (QED) is 0.194. The number of fused-ring (bicyclic) bond motifs is 9. The van der Waals surface area contributed by atoms with E-state index in [2.05, 4.69) is 180 Å². The minimum absolute atomic E-state index is 0.919. The number of rotatable bonds is 4. The number of benzene rings is 8. The van der Waals surface area contributed by atoms with Crippen molar-refractivity contribution in [3.63, 3.8) is 0 Å². The maximum atomic E-state index is 6.85. The Balaban J connectivity index is 1.18. The third-order valence-corrected chi connectivity index (χ3v) is 9.77. The summed E-state index contributed by atoms with van der Waals surface area (Å²) in [6, 6.07) is 63.2. The molecule has 0 N–H and O–H groups in total. The molecule has 224 valence electrons. The van der Waals surface area contributed by atoms with E-state index in [9.17, 15) is 0 Å². The average molecular weight is 612 g/mol. The molecule has 2 nitrogen and oxygen atoms in total. The number of para-hydroxylation sites is 1. The summed E-state index contributed by atoms with van der Waals surface area (Å²) in [5, 5.41) is 7.00. The zero-order valence-corrected chi connectivity index (χ0v) is 26.1. The van der Waals surface area contributed by atoms with E-state index in [0.29, 0.717) is 0 Å². The van der Waals surface area contributed by atoms with Crippen molar-refractivity contribution < 1.29 is 4.42 Å². The molecule has 0 radical (unpaired) electrons. The summed E-state index contributed by atoms with van der Waals surface area (Å²) in [5.74, 6) is 0. The van der Waals surface area contributed by atoms with Gasteiger partial charge < -0.3 is 8.98 Å². The SMILES string of the molecule is c1ccc(-c2cc(-c3ccccc3)cc(-c3ccc(-n4c5ccccc5c5ccc6c7ccc8ccccc8c7oc6c54)cc3)c2)cc1. The van der Waals surface area contributed by atoms with Crippen molar-refractivity contribution in [2.24, 2.45) is 0 Å². The molecule has 2 heterocycles. The second-order valence-electron chi connectivity index (χ2n) is 12.5. The first-order valence-electron chi connectivity index (χ1n) is 16.4. The van der Waals surface area contributed by atoms with Crippen molar-refractivity contribution in [2.75, 3.05) is 0 Å². The summed E-state index contributed by atoms with van der Waals surface area (Å²) in [4.78, 5) is 0. The van der Waals surface area contributed by atoms with Crippen LogP contribution in [0.1, 0.15) is 0 Å². The van der Waals surface area contributed by atoms with Crippen LogP contribution in [0.25, 0.3) is 93.6 Å². The van der Waals surface area contributed by atoms with E-state index < -0.39 is 0 Å². The Hall–Kier alpha value is -6.38. The van der Waals surface area contributed by atoms with E-state index in [4.69, 9.17) is 4.42 Å². The van der Waals surface area contributed by atoms with Crippen molar-refractivity contribution in [1.29, 1.82) is 0 Å². The summed E-state index contributed by atoms with van der Waals surface area (Å²) in [5.41, 5.74) is 12.4. The van der Waals surface area contributed by atoms with E-state index >= 15 is 0 Å². The molecule has 0 bridgehead atoms. The number of nitrogens with zero attached hydrogens (tertiary/aromatic N) is 1. The predicted molar refractivity (Wildman–Crippen MR) is 202 cm³/mol. The Bertz CT molecular complexity index is 2750. The number of furan rings is 1. The first kappa shape index (κ1) is 26.8. The van der Waals surface area contributed by atoms with Gasteiger partial charge in [-0.3, -0.25) is 0 Å². The van der Waals surface area contributed by atoms with Gasteiger partial charge in [-0.25, -0.2) is 0 Å². The minimum atomic E-state index is 0.919. The summed E-state index contributed by atoms with van der Waals surface area (Å²) >= 11 is 0. The minimum Gasteiger partial charge on any atom is -0.453 e. The van der Waals surface area contributed by atoms with Gasteiger partial charge in [0.25, 0.3) is 0 Å². The van der Waals surface area contributed by atoms with E-state index in [1.54, 1.807) is 0 Å². The molecule has 10 rings (SSSR count). The van der Waals surface area contributed by atoms with Crippen LogP contribution in [-0.4, -0.2) is 4.57 Å². The molecule has 0 saturated heterocycles. The van der Waals surface area contributed by atoms with Crippen LogP contribution >= 0.6 is 0 Å². The summed E-state index contributed by atoms with van der Waals surface area (Å²) < 4.78 is 9.23. The molecule has 0 aliphatic heterocycles. The topological polar surface area (TPSA) is 18.1 Å². The molecule has 0 spiro atoms. The van der Waals surface area contributed by atoms with Gasteiger partial charge in [-0.05, 0) is 87.3 Å². The molecule has 0 fully saturated rings. The van der Waals surface area contributed by atoms with E-state index in [-0.39, 0.29) is 0 Å². The van der Waals surface area contributed by atoms with Gasteiger partial charge in [0.05, 0.1) is 11.0 Å². The zero-order valence-electron chi connectivity index (χ0n) is 26.1. The fourth-order valence-electron chi connectivity index (χ4n) is 7.47. The maximum absolute atomic E-state index is 6.85. The highest BCUT2D eigenvalue weighted by molar-refractivity contribution is 6.24. The Morgan fingerprint density at radius 3 is 1.54 bits per heavy atom. The van der Waals surface area contributed by atoms with Gasteiger partial charge in [0.2, 0.25) is 0 Å². The number of aromatic nitrogens is 1. The molecule has 0 saturated carbocycles. The van der Waals surface area contributed by atoms with Crippen LogP contribution in [0.2, 0.25) is 0 Å². The van der Waals surface area contributed by atoms with Gasteiger partial charge >= 0.3 is 0 Å². The summed E-state index contributed by atoms with van der Waals surface area (Å²) in [6.45, 7) is 0. The second kappa shape index (κ2) is 10.6. The lowest BCUT2D eigenvalue weighted by Gasteiger charge is -2.13. The van der Waals surface area contributed by atoms with Crippen LogP contribution in [0, 0.1) is 0 Å². The van der Waals surface area contributed by atoms with Gasteiger partial charge in [0, 0.05) is 32.6 Å². The van der Waals surface area contributed by atoms with Gasteiger partial charge in [-0.2, -0.15) is 0 Å². The fourth-order valence-corrected chi connectivity index (χ4v) is 7.47. The molecule has 2 heteroatoms. The van der Waals surface area contributed by atoms with Crippen LogP contribution in [0.15, 0.2) is 180 Å². The number of hydrogen-bond donors (Lipinski definition) is 0. The molecule has 0 amide bonds. The molecule has 8 aromatic carbocycles. The van der Waals surface area contributed by atoms with Crippen LogP contribution in [-0.2, 0) is 0 Å². The normalized spacial score (nSPS) is 11.8. The third kappa shape index (κ3) is 4.13. The summed E-state index contributed by atoms with van der Waals surface area (Å²) in [6.07, 6.45) is 0. The van der Waals surface area contributed by atoms with Gasteiger partial charge in [-0.15, -0.1) is 0 Å². The monoisotopic (exact) mass is 611 g/mol. The molecular formula is C46H29NO. The Morgan fingerprint density at radius 2 is 0.854 bits per heavy atom. The van der Waals surface area contributed by atoms with Crippen LogP contribution in [0.3, 0.4) is 0 Å². The standard InChI is InChI=1S/C46H29NO/c1-3-11-30(12-4-1)34-27-35(31-13-5-2-6-14-31)29-36(28-34)32-19-22-37(23-20-32)47-43-18-10-9-17-39(43)40-25-26-42-41-24-21-33-15-7-8-16-38(33)45(41)48-46(42)44(40)47/h1-29H. The molecule has 0 atom stereocenters.